The highest BCUT2D eigenvalue weighted by molar-refractivity contribution is 6.31. The van der Waals surface area contributed by atoms with Crippen molar-refractivity contribution < 1.29 is 23.6 Å². The first-order valence-corrected chi connectivity index (χ1v) is 7.61. The fraction of sp³-hybridized carbons (Fsp3) is 0.235. The number of hydrogen-bond donors (Lipinski definition) is 0. The molecule has 1 heterocycles. The fourth-order valence-corrected chi connectivity index (χ4v) is 2.89. The van der Waals surface area contributed by atoms with Gasteiger partial charge in [-0.25, -0.2) is 4.79 Å². The number of methoxy groups -OCH3 is 2. The predicted octanol–water partition coefficient (Wildman–Crippen LogP) is 2.58. The molecular weight excluding hydrogens is 332 g/mol. The summed E-state index contributed by atoms with van der Waals surface area (Å²) in [5, 5.41) is 0.531. The number of allylic oxidation sites excluding steroid dienone is 1. The minimum Gasteiger partial charge on any atom is -0.493 e. The number of ether oxygens (including phenoxy) is 2. The van der Waals surface area contributed by atoms with Crippen molar-refractivity contribution in [1.29, 1.82) is 0 Å². The van der Waals surface area contributed by atoms with Gasteiger partial charge in [0.15, 0.2) is 11.5 Å². The van der Waals surface area contributed by atoms with E-state index < -0.39 is 11.9 Å². The van der Waals surface area contributed by atoms with E-state index >= 15 is 0 Å². The number of carbonyl (C=O) groups is 2. The molecular formula is C17H16ClN2O4+. The van der Waals surface area contributed by atoms with Crippen molar-refractivity contribution in [3.8, 4) is 0 Å². The summed E-state index contributed by atoms with van der Waals surface area (Å²) in [5.74, 6) is -0.0526. The number of imide groups is 1. The highest BCUT2D eigenvalue weighted by Crippen LogP contribution is 2.29. The standard InChI is InChI=1S/C17H16ClN2O4/c1-19-13-9-15(24-3)14(23-2)8-12(13)16(21)20(17(19)22)11-6-4-10(18)5-7-11/h4-9,12H,1-3H3/q+1. The number of halogens is 1. The summed E-state index contributed by atoms with van der Waals surface area (Å²) < 4.78 is 12.0. The molecule has 0 bridgehead atoms. The Morgan fingerprint density at radius 3 is 2.29 bits per heavy atom. The molecule has 1 aromatic carbocycles. The minimum absolute atomic E-state index is 0.351. The molecule has 2 aliphatic rings. The summed E-state index contributed by atoms with van der Waals surface area (Å²) in [6, 6.07) is 6.11. The zero-order chi connectivity index (χ0) is 17.4. The third-order valence-corrected chi connectivity index (χ3v) is 4.29. The third-order valence-electron chi connectivity index (χ3n) is 4.04. The van der Waals surface area contributed by atoms with E-state index in [0.29, 0.717) is 27.9 Å². The summed E-state index contributed by atoms with van der Waals surface area (Å²) >= 11 is 5.88. The molecule has 0 radical (unpaired) electrons. The van der Waals surface area contributed by atoms with Gasteiger partial charge < -0.3 is 9.47 Å². The molecule has 0 aromatic heterocycles. The molecule has 1 unspecified atom stereocenters. The van der Waals surface area contributed by atoms with Crippen LogP contribution in [-0.2, 0) is 14.3 Å². The van der Waals surface area contributed by atoms with Gasteiger partial charge in [0, 0.05) is 11.1 Å². The smallest absolute Gasteiger partial charge is 0.493 e. The first-order valence-electron chi connectivity index (χ1n) is 7.24. The van der Waals surface area contributed by atoms with Crippen LogP contribution in [0.2, 0.25) is 5.02 Å². The summed E-state index contributed by atoms with van der Waals surface area (Å²) in [4.78, 5) is 26.7. The SMILES string of the molecule is COC1=CC2=[N+](C)C(=O)N(c3ccc(Cl)cc3)C(=O)C2C=C1OC. The lowest BCUT2D eigenvalue weighted by molar-refractivity contribution is -0.394. The average molecular weight is 348 g/mol. The van der Waals surface area contributed by atoms with E-state index in [0.717, 1.165) is 4.90 Å². The number of anilines is 1. The first kappa shape index (κ1) is 16.3. The molecule has 7 heteroatoms. The van der Waals surface area contributed by atoms with E-state index in [9.17, 15) is 9.59 Å². The largest absolute Gasteiger partial charge is 0.505 e. The van der Waals surface area contributed by atoms with Crippen LogP contribution in [0.15, 0.2) is 47.9 Å². The molecule has 0 saturated heterocycles. The lowest BCUT2D eigenvalue weighted by atomic mass is 9.92. The Labute approximate surface area is 144 Å². The van der Waals surface area contributed by atoms with Crippen LogP contribution in [0.3, 0.4) is 0 Å². The van der Waals surface area contributed by atoms with Gasteiger partial charge >= 0.3 is 11.9 Å². The minimum atomic E-state index is -0.628. The van der Waals surface area contributed by atoms with Crippen LogP contribution in [0.1, 0.15) is 0 Å². The van der Waals surface area contributed by atoms with Crippen LogP contribution < -0.4 is 4.90 Å². The summed E-state index contributed by atoms with van der Waals surface area (Å²) in [5.41, 5.74) is 1.02. The molecule has 1 aliphatic heterocycles. The maximum absolute atomic E-state index is 12.9. The predicted molar refractivity (Wildman–Crippen MR) is 89.2 cm³/mol. The van der Waals surface area contributed by atoms with Gasteiger partial charge in [0.1, 0.15) is 17.3 Å². The number of hydrogen-bond acceptors (Lipinski definition) is 4. The van der Waals surface area contributed by atoms with Crippen LogP contribution >= 0.6 is 11.6 Å². The van der Waals surface area contributed by atoms with Gasteiger partial charge in [-0.1, -0.05) is 11.6 Å². The van der Waals surface area contributed by atoms with Gasteiger partial charge in [0.2, 0.25) is 0 Å². The maximum atomic E-state index is 12.9. The Bertz CT molecular complexity index is 808. The lowest BCUT2D eigenvalue weighted by Crippen LogP contribution is -2.54. The molecule has 6 nitrogen and oxygen atoms in total. The molecule has 124 valence electrons. The Hall–Kier alpha value is -2.60. The molecule has 1 aromatic rings. The van der Waals surface area contributed by atoms with Crippen molar-refractivity contribution in [3.63, 3.8) is 0 Å². The second-order valence-electron chi connectivity index (χ2n) is 5.34. The Morgan fingerprint density at radius 2 is 1.71 bits per heavy atom. The van der Waals surface area contributed by atoms with Crippen LogP contribution in [0.4, 0.5) is 10.5 Å². The number of nitrogens with zero attached hydrogens (tertiary/aromatic N) is 2. The van der Waals surface area contributed by atoms with E-state index in [1.807, 2.05) is 0 Å². The van der Waals surface area contributed by atoms with Gasteiger partial charge in [-0.3, -0.25) is 0 Å². The quantitative estimate of drug-likeness (QED) is 0.789. The summed E-state index contributed by atoms with van der Waals surface area (Å²) in [6.07, 6.45) is 3.31. The Balaban J connectivity index is 2.11. The number of benzene rings is 1. The highest BCUT2D eigenvalue weighted by Gasteiger charge is 2.48. The summed E-state index contributed by atoms with van der Waals surface area (Å²) in [7, 11) is 4.63. The molecule has 1 aliphatic carbocycles. The second-order valence-corrected chi connectivity index (χ2v) is 5.78. The van der Waals surface area contributed by atoms with Gasteiger partial charge in [0.25, 0.3) is 0 Å². The average Bonchev–Trinajstić information content (AvgIpc) is 2.60. The number of carbonyl (C=O) groups excluding carboxylic acids is 2. The molecule has 0 saturated carbocycles. The van der Waals surface area contributed by atoms with E-state index in [4.69, 9.17) is 21.1 Å². The van der Waals surface area contributed by atoms with Crippen LogP contribution in [-0.4, -0.2) is 43.5 Å². The normalized spacial score (nSPS) is 20.5. The zero-order valence-electron chi connectivity index (χ0n) is 13.4. The summed E-state index contributed by atoms with van der Waals surface area (Å²) in [6.45, 7) is 0. The van der Waals surface area contributed by atoms with Gasteiger partial charge in [-0.05, 0) is 30.3 Å². The van der Waals surface area contributed by atoms with Crippen molar-refractivity contribution in [3.05, 3.63) is 53.0 Å². The number of amides is 3. The van der Waals surface area contributed by atoms with Crippen molar-refractivity contribution in [2.45, 2.75) is 0 Å². The van der Waals surface area contributed by atoms with E-state index in [1.165, 1.54) is 18.8 Å². The fourth-order valence-electron chi connectivity index (χ4n) is 2.77. The van der Waals surface area contributed by atoms with E-state index in [1.54, 1.807) is 43.5 Å². The molecule has 1 atom stereocenters. The zero-order valence-corrected chi connectivity index (χ0v) is 14.2. The monoisotopic (exact) mass is 347 g/mol. The first-order chi connectivity index (χ1) is 11.5. The molecule has 24 heavy (non-hydrogen) atoms. The molecule has 0 N–H and O–H groups in total. The highest BCUT2D eigenvalue weighted by atomic mass is 35.5. The van der Waals surface area contributed by atoms with Gasteiger partial charge in [-0.15, -0.1) is 4.90 Å². The van der Waals surface area contributed by atoms with Crippen molar-refractivity contribution >= 4 is 34.9 Å². The van der Waals surface area contributed by atoms with Gasteiger partial charge in [-0.2, -0.15) is 9.37 Å². The Morgan fingerprint density at radius 1 is 1.08 bits per heavy atom. The van der Waals surface area contributed by atoms with Crippen LogP contribution in [0.5, 0.6) is 0 Å². The van der Waals surface area contributed by atoms with Crippen molar-refractivity contribution in [2.24, 2.45) is 5.92 Å². The lowest BCUT2D eigenvalue weighted by Gasteiger charge is -2.27. The van der Waals surface area contributed by atoms with Crippen LogP contribution in [0.25, 0.3) is 0 Å². The second kappa shape index (κ2) is 6.13. The molecule has 3 rings (SSSR count). The van der Waals surface area contributed by atoms with E-state index in [2.05, 4.69) is 0 Å². The molecule has 3 amide bonds. The third kappa shape index (κ3) is 2.49. The van der Waals surface area contributed by atoms with Gasteiger partial charge in [0.05, 0.1) is 21.3 Å². The van der Waals surface area contributed by atoms with E-state index in [-0.39, 0.29) is 5.91 Å². The Kier molecular flexibility index (Phi) is 4.15. The van der Waals surface area contributed by atoms with Crippen LogP contribution in [0, 0.1) is 5.92 Å². The maximum Gasteiger partial charge on any atom is 0.505 e. The molecule has 0 spiro atoms. The molecule has 0 fully saturated rings. The number of rotatable bonds is 3. The van der Waals surface area contributed by atoms with Crippen molar-refractivity contribution in [2.75, 3.05) is 26.2 Å². The topological polar surface area (TPSA) is 58.9 Å². The number of fused-ring (bicyclic) bond motifs is 1. The van der Waals surface area contributed by atoms with Crippen molar-refractivity contribution in [1.82, 2.24) is 0 Å². The number of urea groups is 1.